The molecule has 0 fully saturated rings. The third kappa shape index (κ3) is 5.56. The minimum absolute atomic E-state index is 0.305. The predicted octanol–water partition coefficient (Wildman–Crippen LogP) is 3.88. The Morgan fingerprint density at radius 3 is 2.63 bits per heavy atom. The van der Waals surface area contributed by atoms with Gasteiger partial charge in [0.1, 0.15) is 17.1 Å². The van der Waals surface area contributed by atoms with Crippen LogP contribution in [-0.2, 0) is 4.74 Å². The number of nitrogens with one attached hydrogen (secondary N) is 2. The molecule has 2 heterocycles. The van der Waals surface area contributed by atoms with Gasteiger partial charge in [0.25, 0.3) is 5.91 Å². The summed E-state index contributed by atoms with van der Waals surface area (Å²) in [6.45, 7) is 5.83. The molecular weight excluding hydrogens is 406 g/mol. The van der Waals surface area contributed by atoms with Gasteiger partial charge in [0.15, 0.2) is 0 Å². The van der Waals surface area contributed by atoms with Crippen LogP contribution < -0.4 is 19.5 Å². The zero-order valence-electron chi connectivity index (χ0n) is 17.4. The Balaban J connectivity index is 1.78. The monoisotopic (exact) mass is 431 g/mol. The smallest absolute Gasteiger partial charge is 0.408 e. The van der Waals surface area contributed by atoms with Gasteiger partial charge in [0.05, 0.1) is 25.3 Å². The highest BCUT2D eigenvalue weighted by Gasteiger charge is 2.28. The molecule has 0 unspecified atom stereocenters. The van der Waals surface area contributed by atoms with E-state index in [4.69, 9.17) is 14.2 Å². The number of hydrogen-bond donors (Lipinski definition) is 2. The van der Waals surface area contributed by atoms with E-state index in [9.17, 15) is 9.59 Å². The summed E-state index contributed by atoms with van der Waals surface area (Å²) in [4.78, 5) is 29.7. The van der Waals surface area contributed by atoms with Crippen molar-refractivity contribution in [3.63, 3.8) is 0 Å². The van der Waals surface area contributed by atoms with Gasteiger partial charge in [-0.1, -0.05) is 0 Å². The second-order valence-electron chi connectivity index (χ2n) is 7.64. The molecule has 1 atom stereocenters. The van der Waals surface area contributed by atoms with Crippen LogP contribution in [0.2, 0.25) is 0 Å². The topological polar surface area (TPSA) is 98.8 Å². The summed E-state index contributed by atoms with van der Waals surface area (Å²) in [5.74, 6) is 0.604. The number of ether oxygens (including phenoxy) is 3. The van der Waals surface area contributed by atoms with Crippen molar-refractivity contribution in [3.8, 4) is 11.5 Å². The first-order valence-corrected chi connectivity index (χ1v) is 10.3. The minimum atomic E-state index is -0.593. The summed E-state index contributed by atoms with van der Waals surface area (Å²) in [6.07, 6.45) is 3.38. The van der Waals surface area contributed by atoms with Crippen molar-refractivity contribution in [1.29, 1.82) is 0 Å². The van der Waals surface area contributed by atoms with Gasteiger partial charge in [-0.2, -0.15) is 0 Å². The lowest BCUT2D eigenvalue weighted by Crippen LogP contribution is -2.37. The summed E-state index contributed by atoms with van der Waals surface area (Å²) in [5.41, 5.74) is 0.488. The number of carbonyl (C=O) groups is 2. The Hall–Kier alpha value is -2.94. The van der Waals surface area contributed by atoms with Crippen LogP contribution in [0, 0.1) is 0 Å². The van der Waals surface area contributed by atoms with Crippen LogP contribution in [0.3, 0.4) is 0 Å². The standard InChI is InChI=1S/C21H25N3O5S/c1-21(2,3)29-20(26)23-16-7-10-28-18-12-15(17(27-4)11-14(16)18)19(25)24-30-13-5-8-22-9-6-13/h5-6,8-9,11-12,16H,7,10H2,1-4H3,(H,23,26)(H,24,25)/t16-/m0/s1. The second kappa shape index (κ2) is 9.25. The molecule has 3 rings (SSSR count). The van der Waals surface area contributed by atoms with E-state index in [0.717, 1.165) is 10.5 Å². The fourth-order valence-corrected chi connectivity index (χ4v) is 3.51. The summed E-state index contributed by atoms with van der Waals surface area (Å²) in [5, 5.41) is 2.87. The van der Waals surface area contributed by atoms with Crippen LogP contribution in [0.1, 0.15) is 49.2 Å². The predicted molar refractivity (Wildman–Crippen MR) is 113 cm³/mol. The maximum atomic E-state index is 12.7. The second-order valence-corrected chi connectivity index (χ2v) is 8.52. The molecule has 1 aliphatic rings. The maximum Gasteiger partial charge on any atom is 0.408 e. The normalized spacial score (nSPS) is 15.4. The molecular formula is C21H25N3O5S. The highest BCUT2D eigenvalue weighted by atomic mass is 32.2. The largest absolute Gasteiger partial charge is 0.496 e. The first kappa shape index (κ1) is 21.8. The average Bonchev–Trinajstić information content (AvgIpc) is 2.70. The summed E-state index contributed by atoms with van der Waals surface area (Å²) in [7, 11) is 1.49. The molecule has 30 heavy (non-hydrogen) atoms. The molecule has 0 aliphatic carbocycles. The Morgan fingerprint density at radius 2 is 1.97 bits per heavy atom. The lowest BCUT2D eigenvalue weighted by atomic mass is 9.98. The molecule has 2 N–H and O–H groups in total. The number of fused-ring (bicyclic) bond motifs is 1. The number of nitrogens with zero attached hydrogens (tertiary/aromatic N) is 1. The third-order valence-corrected chi connectivity index (χ3v) is 5.01. The average molecular weight is 432 g/mol. The maximum absolute atomic E-state index is 12.7. The number of pyridine rings is 1. The van der Waals surface area contributed by atoms with Crippen molar-refractivity contribution in [3.05, 3.63) is 47.8 Å². The van der Waals surface area contributed by atoms with Crippen molar-refractivity contribution in [2.24, 2.45) is 0 Å². The van der Waals surface area contributed by atoms with Crippen molar-refractivity contribution in [2.75, 3.05) is 13.7 Å². The van der Waals surface area contributed by atoms with E-state index in [-0.39, 0.29) is 11.9 Å². The first-order chi connectivity index (χ1) is 14.3. The summed E-state index contributed by atoms with van der Waals surface area (Å²) in [6, 6.07) is 6.65. The number of carbonyl (C=O) groups excluding carboxylic acids is 2. The summed E-state index contributed by atoms with van der Waals surface area (Å²) >= 11 is 1.18. The van der Waals surface area contributed by atoms with Crippen molar-refractivity contribution in [1.82, 2.24) is 15.0 Å². The van der Waals surface area contributed by atoms with Gasteiger partial charge in [-0.05, 0) is 57.0 Å². The molecule has 0 bridgehead atoms. The van der Waals surface area contributed by atoms with E-state index >= 15 is 0 Å². The number of aromatic nitrogens is 1. The van der Waals surface area contributed by atoms with E-state index < -0.39 is 11.7 Å². The SMILES string of the molecule is COc1cc2c(cc1C(=O)NSc1ccncc1)OCC[C@@H]2NC(=O)OC(C)(C)C. The molecule has 2 amide bonds. The van der Waals surface area contributed by atoms with Crippen molar-refractivity contribution < 1.29 is 23.8 Å². The van der Waals surface area contributed by atoms with Crippen LogP contribution in [0.25, 0.3) is 0 Å². The third-order valence-electron chi connectivity index (χ3n) is 4.22. The van der Waals surface area contributed by atoms with Gasteiger partial charge >= 0.3 is 6.09 Å². The van der Waals surface area contributed by atoms with Crippen LogP contribution in [0.4, 0.5) is 4.79 Å². The minimum Gasteiger partial charge on any atom is -0.496 e. The van der Waals surface area contributed by atoms with Crippen LogP contribution in [0.15, 0.2) is 41.6 Å². The number of methoxy groups -OCH3 is 1. The van der Waals surface area contributed by atoms with E-state index in [1.54, 1.807) is 36.7 Å². The molecule has 1 aromatic heterocycles. The quantitative estimate of drug-likeness (QED) is 0.693. The number of benzene rings is 1. The first-order valence-electron chi connectivity index (χ1n) is 9.48. The van der Waals surface area contributed by atoms with Gasteiger partial charge in [-0.25, -0.2) is 4.79 Å². The lowest BCUT2D eigenvalue weighted by molar-refractivity contribution is 0.0490. The highest BCUT2D eigenvalue weighted by Crippen LogP contribution is 2.37. The Labute approximate surface area is 179 Å². The van der Waals surface area contributed by atoms with Crippen LogP contribution >= 0.6 is 11.9 Å². The molecule has 1 aromatic carbocycles. The van der Waals surface area contributed by atoms with E-state index in [0.29, 0.717) is 30.1 Å². The molecule has 1 aliphatic heterocycles. The van der Waals surface area contributed by atoms with E-state index in [1.165, 1.54) is 19.1 Å². The van der Waals surface area contributed by atoms with Crippen LogP contribution in [-0.4, -0.2) is 36.3 Å². The number of alkyl carbamates (subject to hydrolysis) is 1. The fraction of sp³-hybridized carbons (Fsp3) is 0.381. The Kier molecular flexibility index (Phi) is 6.71. The van der Waals surface area contributed by atoms with E-state index in [2.05, 4.69) is 15.0 Å². The van der Waals surface area contributed by atoms with Gasteiger partial charge in [0.2, 0.25) is 0 Å². The fourth-order valence-electron chi connectivity index (χ4n) is 2.93. The number of hydrogen-bond acceptors (Lipinski definition) is 7. The van der Waals surface area contributed by atoms with Crippen molar-refractivity contribution in [2.45, 2.75) is 43.7 Å². The van der Waals surface area contributed by atoms with Crippen LogP contribution in [0.5, 0.6) is 11.5 Å². The highest BCUT2D eigenvalue weighted by molar-refractivity contribution is 7.98. The summed E-state index contributed by atoms with van der Waals surface area (Å²) < 4.78 is 19.3. The van der Waals surface area contributed by atoms with Gasteiger partial charge < -0.3 is 19.5 Å². The molecule has 160 valence electrons. The molecule has 8 nitrogen and oxygen atoms in total. The molecule has 0 radical (unpaired) electrons. The molecule has 0 saturated heterocycles. The number of rotatable bonds is 5. The van der Waals surface area contributed by atoms with Gasteiger partial charge in [-0.15, -0.1) is 0 Å². The zero-order valence-corrected chi connectivity index (χ0v) is 18.2. The molecule has 0 saturated carbocycles. The van der Waals surface area contributed by atoms with Crippen molar-refractivity contribution >= 4 is 23.9 Å². The van der Waals surface area contributed by atoms with Gasteiger partial charge in [-0.3, -0.25) is 14.5 Å². The van der Waals surface area contributed by atoms with E-state index in [1.807, 2.05) is 20.8 Å². The molecule has 9 heteroatoms. The molecule has 2 aromatic rings. The van der Waals surface area contributed by atoms with Gasteiger partial charge in [0, 0.05) is 29.3 Å². The number of amides is 2. The lowest BCUT2D eigenvalue weighted by Gasteiger charge is -2.29. The Morgan fingerprint density at radius 1 is 1.23 bits per heavy atom. The zero-order chi connectivity index (χ0) is 21.7. The Bertz CT molecular complexity index is 915. The molecule has 0 spiro atoms.